The number of amides is 3. The molecule has 22 heavy (non-hydrogen) atoms. The number of imide groups is 1. The van der Waals surface area contributed by atoms with Crippen LogP contribution in [-0.4, -0.2) is 22.7 Å². The van der Waals surface area contributed by atoms with E-state index in [1.54, 1.807) is 24.3 Å². The number of pyridine rings is 1. The second kappa shape index (κ2) is 6.49. The van der Waals surface area contributed by atoms with Crippen LogP contribution >= 0.6 is 0 Å². The number of rotatable bonds is 2. The highest BCUT2D eigenvalue weighted by Gasteiger charge is 2.19. The van der Waals surface area contributed by atoms with E-state index < -0.39 is 17.7 Å². The average Bonchev–Trinajstić information content (AvgIpc) is 2.47. The molecule has 0 bridgehead atoms. The SMILES string of the molecule is Cc1ccnc(NC(=O)C(=O)NC(=O)c2ccccc2N)c1. The van der Waals surface area contributed by atoms with Crippen molar-refractivity contribution < 1.29 is 14.4 Å². The van der Waals surface area contributed by atoms with E-state index in [2.05, 4.69) is 10.3 Å². The zero-order chi connectivity index (χ0) is 16.1. The molecule has 0 aliphatic rings. The number of aromatic nitrogens is 1. The van der Waals surface area contributed by atoms with Crippen molar-refractivity contribution >= 4 is 29.2 Å². The predicted molar refractivity (Wildman–Crippen MR) is 80.9 cm³/mol. The monoisotopic (exact) mass is 298 g/mol. The molecule has 1 aromatic heterocycles. The van der Waals surface area contributed by atoms with Crippen LogP contribution in [0.5, 0.6) is 0 Å². The largest absolute Gasteiger partial charge is 0.398 e. The smallest absolute Gasteiger partial charge is 0.316 e. The van der Waals surface area contributed by atoms with E-state index >= 15 is 0 Å². The van der Waals surface area contributed by atoms with Gasteiger partial charge in [0.2, 0.25) is 0 Å². The van der Waals surface area contributed by atoms with Crippen molar-refractivity contribution in [3.05, 3.63) is 53.7 Å². The summed E-state index contributed by atoms with van der Waals surface area (Å²) < 4.78 is 0. The quantitative estimate of drug-likeness (QED) is 0.562. The van der Waals surface area contributed by atoms with Gasteiger partial charge in [-0.15, -0.1) is 0 Å². The molecule has 2 aromatic rings. The topological polar surface area (TPSA) is 114 Å². The highest BCUT2D eigenvalue weighted by molar-refractivity contribution is 6.42. The van der Waals surface area contributed by atoms with E-state index in [0.29, 0.717) is 0 Å². The molecule has 1 aromatic carbocycles. The zero-order valence-electron chi connectivity index (χ0n) is 11.8. The fourth-order valence-corrected chi connectivity index (χ4v) is 1.71. The second-order valence-electron chi connectivity index (χ2n) is 4.54. The van der Waals surface area contributed by atoms with Crippen LogP contribution in [0.25, 0.3) is 0 Å². The van der Waals surface area contributed by atoms with Crippen molar-refractivity contribution in [2.45, 2.75) is 6.92 Å². The summed E-state index contributed by atoms with van der Waals surface area (Å²) in [4.78, 5) is 39.2. The Morgan fingerprint density at radius 1 is 1.09 bits per heavy atom. The van der Waals surface area contributed by atoms with Gasteiger partial charge in [-0.3, -0.25) is 19.7 Å². The molecule has 0 radical (unpaired) electrons. The minimum atomic E-state index is -1.09. The van der Waals surface area contributed by atoms with E-state index in [9.17, 15) is 14.4 Å². The molecular formula is C15H14N4O3. The predicted octanol–water partition coefficient (Wildman–Crippen LogP) is 0.867. The van der Waals surface area contributed by atoms with Gasteiger partial charge in [0.05, 0.1) is 5.56 Å². The van der Waals surface area contributed by atoms with Crippen LogP contribution in [0.4, 0.5) is 11.5 Å². The third kappa shape index (κ3) is 3.66. The third-order valence-corrected chi connectivity index (χ3v) is 2.80. The highest BCUT2D eigenvalue weighted by atomic mass is 16.2. The number of aryl methyl sites for hydroxylation is 1. The van der Waals surface area contributed by atoms with Gasteiger partial charge in [0.1, 0.15) is 5.82 Å². The maximum atomic E-state index is 11.9. The van der Waals surface area contributed by atoms with Crippen LogP contribution in [0.2, 0.25) is 0 Å². The highest BCUT2D eigenvalue weighted by Crippen LogP contribution is 2.10. The van der Waals surface area contributed by atoms with E-state index in [1.165, 1.54) is 18.3 Å². The summed E-state index contributed by atoms with van der Waals surface area (Å²) in [6.07, 6.45) is 1.50. The molecule has 0 fully saturated rings. The van der Waals surface area contributed by atoms with Crippen molar-refractivity contribution in [1.29, 1.82) is 0 Å². The first-order valence-corrected chi connectivity index (χ1v) is 6.41. The lowest BCUT2D eigenvalue weighted by Crippen LogP contribution is -2.39. The first-order chi connectivity index (χ1) is 10.5. The Labute approximate surface area is 126 Å². The first-order valence-electron chi connectivity index (χ1n) is 6.41. The van der Waals surface area contributed by atoms with Gasteiger partial charge >= 0.3 is 11.8 Å². The molecule has 0 saturated heterocycles. The molecule has 7 nitrogen and oxygen atoms in total. The van der Waals surface area contributed by atoms with Crippen LogP contribution in [0.1, 0.15) is 15.9 Å². The molecule has 0 atom stereocenters. The normalized spacial score (nSPS) is 9.86. The molecule has 7 heteroatoms. The zero-order valence-corrected chi connectivity index (χ0v) is 11.8. The maximum Gasteiger partial charge on any atom is 0.316 e. The van der Waals surface area contributed by atoms with Crippen LogP contribution in [0.15, 0.2) is 42.6 Å². The first kappa shape index (κ1) is 15.2. The summed E-state index contributed by atoms with van der Waals surface area (Å²) in [5, 5.41) is 4.28. The van der Waals surface area contributed by atoms with E-state index in [1.807, 2.05) is 12.2 Å². The number of nitrogen functional groups attached to an aromatic ring is 1. The molecule has 1 heterocycles. The number of carbonyl (C=O) groups is 3. The summed E-state index contributed by atoms with van der Waals surface area (Å²) in [5.74, 6) is -2.58. The number of anilines is 2. The minimum Gasteiger partial charge on any atom is -0.398 e. The minimum absolute atomic E-state index is 0.123. The van der Waals surface area contributed by atoms with Gasteiger partial charge in [0.25, 0.3) is 5.91 Å². The Morgan fingerprint density at radius 3 is 2.50 bits per heavy atom. The molecule has 0 aliphatic carbocycles. The molecule has 3 amide bonds. The summed E-state index contributed by atoms with van der Waals surface area (Å²) in [5.41, 5.74) is 6.84. The van der Waals surface area contributed by atoms with Crippen molar-refractivity contribution in [2.24, 2.45) is 0 Å². The second-order valence-corrected chi connectivity index (χ2v) is 4.54. The van der Waals surface area contributed by atoms with E-state index in [4.69, 9.17) is 5.73 Å². The van der Waals surface area contributed by atoms with Gasteiger partial charge in [-0.1, -0.05) is 12.1 Å². The van der Waals surface area contributed by atoms with E-state index in [-0.39, 0.29) is 17.1 Å². The Kier molecular flexibility index (Phi) is 4.47. The summed E-state index contributed by atoms with van der Waals surface area (Å²) in [6, 6.07) is 9.59. The van der Waals surface area contributed by atoms with Crippen LogP contribution < -0.4 is 16.4 Å². The van der Waals surface area contributed by atoms with E-state index in [0.717, 1.165) is 5.56 Å². The number of nitrogens with zero attached hydrogens (tertiary/aromatic N) is 1. The van der Waals surface area contributed by atoms with Gasteiger partial charge in [-0.05, 0) is 36.8 Å². The lowest BCUT2D eigenvalue weighted by molar-refractivity contribution is -0.135. The lowest BCUT2D eigenvalue weighted by Gasteiger charge is -2.07. The average molecular weight is 298 g/mol. The van der Waals surface area contributed by atoms with Crippen molar-refractivity contribution in [2.75, 3.05) is 11.1 Å². The molecule has 2 rings (SSSR count). The molecule has 0 spiro atoms. The van der Waals surface area contributed by atoms with Crippen molar-refractivity contribution in [3.63, 3.8) is 0 Å². The maximum absolute atomic E-state index is 11.9. The molecule has 0 unspecified atom stereocenters. The Hall–Kier alpha value is -3.22. The molecular weight excluding hydrogens is 284 g/mol. The molecule has 4 N–H and O–H groups in total. The van der Waals surface area contributed by atoms with Gasteiger partial charge in [-0.2, -0.15) is 0 Å². The summed E-state index contributed by atoms with van der Waals surface area (Å²) in [7, 11) is 0. The Morgan fingerprint density at radius 2 is 1.82 bits per heavy atom. The van der Waals surface area contributed by atoms with Gasteiger partial charge in [0, 0.05) is 11.9 Å². The Balaban J connectivity index is 2.01. The number of hydrogen-bond acceptors (Lipinski definition) is 5. The number of para-hydroxylation sites is 1. The summed E-state index contributed by atoms with van der Waals surface area (Å²) in [6.45, 7) is 1.82. The van der Waals surface area contributed by atoms with Crippen LogP contribution in [-0.2, 0) is 9.59 Å². The van der Waals surface area contributed by atoms with Gasteiger partial charge < -0.3 is 11.1 Å². The molecule has 0 aliphatic heterocycles. The number of benzene rings is 1. The number of hydrogen-bond donors (Lipinski definition) is 3. The lowest BCUT2D eigenvalue weighted by atomic mass is 10.1. The number of carbonyl (C=O) groups excluding carboxylic acids is 3. The number of nitrogens with two attached hydrogens (primary N) is 1. The molecule has 0 saturated carbocycles. The fourth-order valence-electron chi connectivity index (χ4n) is 1.71. The standard InChI is InChI=1S/C15H14N4O3/c1-9-6-7-17-12(8-9)18-14(21)15(22)19-13(20)10-4-2-3-5-11(10)16/h2-8H,16H2,1H3,(H,17,18,21)(H,19,20,22). The molecule has 112 valence electrons. The third-order valence-electron chi connectivity index (χ3n) is 2.80. The van der Waals surface area contributed by atoms with Crippen LogP contribution in [0, 0.1) is 6.92 Å². The van der Waals surface area contributed by atoms with Crippen molar-refractivity contribution in [1.82, 2.24) is 10.3 Å². The van der Waals surface area contributed by atoms with Gasteiger partial charge in [0.15, 0.2) is 0 Å². The van der Waals surface area contributed by atoms with Crippen LogP contribution in [0.3, 0.4) is 0 Å². The van der Waals surface area contributed by atoms with Gasteiger partial charge in [-0.25, -0.2) is 4.98 Å². The Bertz CT molecular complexity index is 743. The summed E-state index contributed by atoms with van der Waals surface area (Å²) >= 11 is 0. The number of nitrogens with one attached hydrogen (secondary N) is 2. The fraction of sp³-hybridized carbons (Fsp3) is 0.0667. The van der Waals surface area contributed by atoms with Crippen molar-refractivity contribution in [3.8, 4) is 0 Å².